The van der Waals surface area contributed by atoms with Gasteiger partial charge in [0.05, 0.1) is 13.2 Å². The fourth-order valence-corrected chi connectivity index (χ4v) is 1.72. The van der Waals surface area contributed by atoms with E-state index in [1.165, 1.54) is 19.2 Å². The standard InChI is InChI=1S/C13H17FO3/c1-16-12-8-10(14)7-9(3-2-6-15)13(12)17-11-4-5-11/h7-8,11,15H,2-6H2,1H3. The van der Waals surface area contributed by atoms with Crippen LogP contribution >= 0.6 is 0 Å². The first-order valence-corrected chi connectivity index (χ1v) is 5.88. The maximum atomic E-state index is 13.4. The molecule has 94 valence electrons. The van der Waals surface area contributed by atoms with Crippen molar-refractivity contribution in [1.82, 2.24) is 0 Å². The summed E-state index contributed by atoms with van der Waals surface area (Å²) in [5, 5.41) is 8.84. The summed E-state index contributed by atoms with van der Waals surface area (Å²) in [4.78, 5) is 0. The Morgan fingerprint density at radius 1 is 1.41 bits per heavy atom. The highest BCUT2D eigenvalue weighted by atomic mass is 19.1. The molecule has 0 unspecified atom stereocenters. The van der Waals surface area contributed by atoms with Gasteiger partial charge in [-0.05, 0) is 31.7 Å². The topological polar surface area (TPSA) is 38.7 Å². The van der Waals surface area contributed by atoms with E-state index in [1.807, 2.05) is 0 Å². The number of benzene rings is 1. The van der Waals surface area contributed by atoms with E-state index < -0.39 is 0 Å². The highest BCUT2D eigenvalue weighted by molar-refractivity contribution is 5.47. The zero-order valence-corrected chi connectivity index (χ0v) is 9.91. The first-order valence-electron chi connectivity index (χ1n) is 5.88. The van der Waals surface area contributed by atoms with E-state index in [0.29, 0.717) is 24.3 Å². The first kappa shape index (κ1) is 12.2. The number of rotatable bonds is 6. The largest absolute Gasteiger partial charge is 0.493 e. The van der Waals surface area contributed by atoms with E-state index in [2.05, 4.69) is 0 Å². The molecule has 0 aromatic heterocycles. The van der Waals surface area contributed by atoms with Crippen LogP contribution in [-0.4, -0.2) is 24.9 Å². The van der Waals surface area contributed by atoms with Crippen LogP contribution in [0.5, 0.6) is 11.5 Å². The molecule has 1 fully saturated rings. The summed E-state index contributed by atoms with van der Waals surface area (Å²) in [6.07, 6.45) is 3.50. The van der Waals surface area contributed by atoms with Crippen molar-refractivity contribution in [3.8, 4) is 11.5 Å². The van der Waals surface area contributed by atoms with Gasteiger partial charge in [-0.3, -0.25) is 0 Å². The molecular weight excluding hydrogens is 223 g/mol. The second kappa shape index (κ2) is 5.36. The summed E-state index contributed by atoms with van der Waals surface area (Å²) in [7, 11) is 1.50. The smallest absolute Gasteiger partial charge is 0.164 e. The Morgan fingerprint density at radius 2 is 2.18 bits per heavy atom. The van der Waals surface area contributed by atoms with Crippen molar-refractivity contribution in [3.05, 3.63) is 23.5 Å². The third kappa shape index (κ3) is 3.09. The van der Waals surface area contributed by atoms with Crippen LogP contribution in [0.3, 0.4) is 0 Å². The first-order chi connectivity index (χ1) is 8.24. The molecule has 0 heterocycles. The van der Waals surface area contributed by atoms with Crippen LogP contribution in [0.15, 0.2) is 12.1 Å². The molecule has 3 nitrogen and oxygen atoms in total. The normalized spacial score (nSPS) is 14.8. The number of hydrogen-bond acceptors (Lipinski definition) is 3. The summed E-state index contributed by atoms with van der Waals surface area (Å²) in [6, 6.07) is 2.79. The lowest BCUT2D eigenvalue weighted by Gasteiger charge is -2.14. The van der Waals surface area contributed by atoms with Crippen molar-refractivity contribution >= 4 is 0 Å². The minimum atomic E-state index is -0.335. The van der Waals surface area contributed by atoms with E-state index in [4.69, 9.17) is 14.6 Å². The van der Waals surface area contributed by atoms with Crippen LogP contribution in [0.4, 0.5) is 4.39 Å². The average molecular weight is 240 g/mol. The highest BCUT2D eigenvalue weighted by Crippen LogP contribution is 2.37. The lowest BCUT2D eigenvalue weighted by atomic mass is 10.1. The third-order valence-electron chi connectivity index (χ3n) is 2.73. The molecule has 1 N–H and O–H groups in total. The summed E-state index contributed by atoms with van der Waals surface area (Å²) in [6.45, 7) is 0.0850. The lowest BCUT2D eigenvalue weighted by molar-refractivity contribution is 0.271. The molecule has 0 atom stereocenters. The molecular formula is C13H17FO3. The molecule has 0 radical (unpaired) electrons. The quantitative estimate of drug-likeness (QED) is 0.829. The van der Waals surface area contributed by atoms with E-state index >= 15 is 0 Å². The van der Waals surface area contributed by atoms with Crippen LogP contribution in [0.1, 0.15) is 24.8 Å². The van der Waals surface area contributed by atoms with Crippen molar-refractivity contribution in [2.75, 3.05) is 13.7 Å². The molecule has 1 aliphatic rings. The number of hydrogen-bond donors (Lipinski definition) is 1. The Balaban J connectivity index is 2.26. The van der Waals surface area contributed by atoms with Gasteiger partial charge >= 0.3 is 0 Å². The van der Waals surface area contributed by atoms with Gasteiger partial charge in [0.25, 0.3) is 0 Å². The number of halogens is 1. The number of aliphatic hydroxyl groups is 1. The molecule has 0 bridgehead atoms. The molecule has 0 aliphatic heterocycles. The average Bonchev–Trinajstić information content (AvgIpc) is 3.12. The van der Waals surface area contributed by atoms with E-state index in [9.17, 15) is 4.39 Å². The van der Waals surface area contributed by atoms with Crippen molar-refractivity contribution < 1.29 is 19.0 Å². The third-order valence-corrected chi connectivity index (χ3v) is 2.73. The van der Waals surface area contributed by atoms with Gasteiger partial charge in [-0.2, -0.15) is 0 Å². The SMILES string of the molecule is COc1cc(F)cc(CCCO)c1OC1CC1. The molecule has 2 rings (SSSR count). The summed E-state index contributed by atoms with van der Waals surface area (Å²) < 4.78 is 24.3. The van der Waals surface area contributed by atoms with E-state index in [-0.39, 0.29) is 18.5 Å². The molecule has 1 aromatic rings. The maximum Gasteiger partial charge on any atom is 0.164 e. The lowest BCUT2D eigenvalue weighted by Crippen LogP contribution is -2.04. The van der Waals surface area contributed by atoms with Gasteiger partial charge < -0.3 is 14.6 Å². The monoisotopic (exact) mass is 240 g/mol. The minimum absolute atomic E-state index is 0.0850. The van der Waals surface area contributed by atoms with E-state index in [0.717, 1.165) is 18.4 Å². The predicted octanol–water partition coefficient (Wildman–Crippen LogP) is 2.30. The fraction of sp³-hybridized carbons (Fsp3) is 0.538. The maximum absolute atomic E-state index is 13.4. The Kier molecular flexibility index (Phi) is 3.84. The van der Waals surface area contributed by atoms with Crippen molar-refractivity contribution in [1.29, 1.82) is 0 Å². The summed E-state index contributed by atoms with van der Waals surface area (Å²) in [5.41, 5.74) is 0.766. The second-order valence-electron chi connectivity index (χ2n) is 4.24. The Hall–Kier alpha value is -1.29. The van der Waals surface area contributed by atoms with Crippen molar-refractivity contribution in [2.24, 2.45) is 0 Å². The zero-order chi connectivity index (χ0) is 12.3. The fourth-order valence-electron chi connectivity index (χ4n) is 1.72. The minimum Gasteiger partial charge on any atom is -0.493 e. The van der Waals surface area contributed by atoms with Gasteiger partial charge in [0.2, 0.25) is 0 Å². The van der Waals surface area contributed by atoms with Gasteiger partial charge in [0.15, 0.2) is 11.5 Å². The van der Waals surface area contributed by atoms with Crippen LogP contribution in [-0.2, 0) is 6.42 Å². The predicted molar refractivity (Wildman–Crippen MR) is 62.0 cm³/mol. The number of ether oxygens (including phenoxy) is 2. The number of methoxy groups -OCH3 is 1. The van der Waals surface area contributed by atoms with E-state index in [1.54, 1.807) is 0 Å². The zero-order valence-electron chi connectivity index (χ0n) is 9.91. The van der Waals surface area contributed by atoms with Crippen LogP contribution < -0.4 is 9.47 Å². The molecule has 0 saturated heterocycles. The Labute approximate surface area is 100 Å². The summed E-state index contributed by atoms with van der Waals surface area (Å²) in [5.74, 6) is 0.729. The van der Waals surface area contributed by atoms with Gasteiger partial charge in [-0.15, -0.1) is 0 Å². The Morgan fingerprint density at radius 3 is 2.76 bits per heavy atom. The number of aryl methyl sites for hydroxylation is 1. The molecule has 1 aliphatic carbocycles. The van der Waals surface area contributed by atoms with Crippen LogP contribution in [0, 0.1) is 5.82 Å². The molecule has 17 heavy (non-hydrogen) atoms. The van der Waals surface area contributed by atoms with Crippen LogP contribution in [0.2, 0.25) is 0 Å². The Bertz CT molecular complexity index is 388. The van der Waals surface area contributed by atoms with Gasteiger partial charge in [0.1, 0.15) is 5.82 Å². The molecule has 1 saturated carbocycles. The van der Waals surface area contributed by atoms with Gasteiger partial charge in [-0.25, -0.2) is 4.39 Å². The second-order valence-corrected chi connectivity index (χ2v) is 4.24. The van der Waals surface area contributed by atoms with Crippen molar-refractivity contribution in [3.63, 3.8) is 0 Å². The van der Waals surface area contributed by atoms with Crippen molar-refractivity contribution in [2.45, 2.75) is 31.8 Å². The van der Waals surface area contributed by atoms with Gasteiger partial charge in [0, 0.05) is 18.2 Å². The molecule has 4 heteroatoms. The number of aliphatic hydroxyl groups excluding tert-OH is 1. The molecule has 0 amide bonds. The van der Waals surface area contributed by atoms with Gasteiger partial charge in [-0.1, -0.05) is 0 Å². The molecule has 0 spiro atoms. The summed E-state index contributed by atoms with van der Waals surface area (Å²) >= 11 is 0. The van der Waals surface area contributed by atoms with Crippen LogP contribution in [0.25, 0.3) is 0 Å². The highest BCUT2D eigenvalue weighted by Gasteiger charge is 2.26. The molecule has 1 aromatic carbocycles.